The second-order valence-corrected chi connectivity index (χ2v) is 10.6. The lowest BCUT2D eigenvalue weighted by Crippen LogP contribution is -2.35. The van der Waals surface area contributed by atoms with Crippen LogP contribution in [0.2, 0.25) is 5.02 Å². The highest BCUT2D eigenvalue weighted by Gasteiger charge is 2.32. The Kier molecular flexibility index (Phi) is 5.81. The summed E-state index contributed by atoms with van der Waals surface area (Å²) < 4.78 is 21.1. The van der Waals surface area contributed by atoms with Crippen LogP contribution in [-0.4, -0.2) is 39.8 Å². The quantitative estimate of drug-likeness (QED) is 0.205. The van der Waals surface area contributed by atoms with E-state index in [1.54, 1.807) is 22.9 Å². The SMILES string of the molecule is Cn1cc2cc(-c3cnn(C(CC4CC4)c4ccc(-c5c(-n6cnnn6)ccc(Cl)c5F)c[n+]4[O-])c3)ccc2n1. The van der Waals surface area contributed by atoms with E-state index in [4.69, 9.17) is 11.6 Å². The summed E-state index contributed by atoms with van der Waals surface area (Å²) in [5, 5.41) is 34.8. The van der Waals surface area contributed by atoms with E-state index in [2.05, 4.69) is 31.8 Å². The van der Waals surface area contributed by atoms with Crippen LogP contribution in [0, 0.1) is 16.9 Å². The molecule has 6 aromatic rings. The van der Waals surface area contributed by atoms with E-state index in [1.165, 1.54) is 23.3 Å². The summed E-state index contributed by atoms with van der Waals surface area (Å²) in [6, 6.07) is 12.3. The molecule has 12 heteroatoms. The predicted molar refractivity (Wildman–Crippen MR) is 146 cm³/mol. The van der Waals surface area contributed by atoms with Crippen molar-refractivity contribution in [3.63, 3.8) is 0 Å². The van der Waals surface area contributed by atoms with Crippen LogP contribution >= 0.6 is 11.6 Å². The van der Waals surface area contributed by atoms with Gasteiger partial charge in [0, 0.05) is 36.5 Å². The zero-order valence-corrected chi connectivity index (χ0v) is 22.1. The summed E-state index contributed by atoms with van der Waals surface area (Å²) in [6.07, 6.45) is 11.5. The Morgan fingerprint density at radius 3 is 2.73 bits per heavy atom. The Balaban J connectivity index is 1.26. The summed E-state index contributed by atoms with van der Waals surface area (Å²) in [5.74, 6) is -0.125. The average molecular weight is 556 g/mol. The smallest absolute Gasteiger partial charge is 0.217 e. The van der Waals surface area contributed by atoms with Crippen LogP contribution in [0.4, 0.5) is 4.39 Å². The zero-order valence-electron chi connectivity index (χ0n) is 21.4. The topological polar surface area (TPSA) is 106 Å². The molecule has 0 aliphatic heterocycles. The number of pyridine rings is 1. The molecule has 7 rings (SSSR count). The Labute approximate surface area is 232 Å². The van der Waals surface area contributed by atoms with Gasteiger partial charge in [-0.3, -0.25) is 9.36 Å². The number of aryl methyl sites for hydroxylation is 1. The molecule has 0 bridgehead atoms. The van der Waals surface area contributed by atoms with Gasteiger partial charge in [0.1, 0.15) is 12.4 Å². The zero-order chi connectivity index (χ0) is 27.4. The number of tetrazole rings is 1. The summed E-state index contributed by atoms with van der Waals surface area (Å²) >= 11 is 6.11. The number of hydrogen-bond acceptors (Lipinski definition) is 6. The normalized spacial score (nSPS) is 14.2. The van der Waals surface area contributed by atoms with Crippen molar-refractivity contribution >= 4 is 22.5 Å². The molecular formula is C28H23ClFN9O. The summed E-state index contributed by atoms with van der Waals surface area (Å²) in [7, 11) is 1.90. The number of halogens is 2. The molecule has 1 aliphatic carbocycles. The molecule has 1 unspecified atom stereocenters. The van der Waals surface area contributed by atoms with Crippen LogP contribution in [0.15, 0.2) is 73.6 Å². The van der Waals surface area contributed by atoms with Crippen molar-refractivity contribution in [2.45, 2.75) is 25.3 Å². The number of rotatable bonds is 7. The Morgan fingerprint density at radius 2 is 1.95 bits per heavy atom. The summed E-state index contributed by atoms with van der Waals surface area (Å²) in [4.78, 5) is 0. The fraction of sp³-hybridized carbons (Fsp3) is 0.214. The van der Waals surface area contributed by atoms with Crippen molar-refractivity contribution in [3.05, 3.63) is 95.3 Å². The van der Waals surface area contributed by atoms with Gasteiger partial charge in [0.25, 0.3) is 0 Å². The minimum atomic E-state index is -0.653. The van der Waals surface area contributed by atoms with Crippen LogP contribution < -0.4 is 4.73 Å². The molecule has 40 heavy (non-hydrogen) atoms. The minimum Gasteiger partial charge on any atom is -0.618 e. The standard InChI is InChI=1S/C28H23ClFN9O/c1-36-13-20-11-18(4-7-23(20)33-36)21-12-32-37(14-21)26(10-17-2-3-17)24-8-5-19(15-39(24)40)27-25(38-16-31-34-35-38)9-6-22(29)28(27)30/h4-9,11-17,26H,2-3,10H2,1H3. The second-order valence-electron chi connectivity index (χ2n) is 10.2. The number of hydrogen-bond donors (Lipinski definition) is 0. The third-order valence-corrected chi connectivity index (χ3v) is 7.66. The number of aromatic nitrogens is 9. The van der Waals surface area contributed by atoms with Gasteiger partial charge in [-0.2, -0.15) is 19.6 Å². The Bertz CT molecular complexity index is 1860. The van der Waals surface area contributed by atoms with Crippen LogP contribution in [0.25, 0.3) is 38.8 Å². The van der Waals surface area contributed by atoms with Gasteiger partial charge >= 0.3 is 0 Å². The number of nitrogens with zero attached hydrogens (tertiary/aromatic N) is 9. The second kappa shape index (κ2) is 9.53. The van der Waals surface area contributed by atoms with E-state index >= 15 is 4.39 Å². The van der Waals surface area contributed by atoms with E-state index < -0.39 is 5.82 Å². The molecule has 1 fully saturated rings. The lowest BCUT2D eigenvalue weighted by atomic mass is 10.0. The molecule has 2 aromatic carbocycles. The molecular weight excluding hydrogens is 533 g/mol. The van der Waals surface area contributed by atoms with Gasteiger partial charge < -0.3 is 5.21 Å². The maximum atomic E-state index is 15.3. The van der Waals surface area contributed by atoms with Crippen LogP contribution in [-0.2, 0) is 7.05 Å². The highest BCUT2D eigenvalue weighted by Crippen LogP contribution is 2.40. The van der Waals surface area contributed by atoms with Crippen molar-refractivity contribution in [1.82, 2.24) is 39.8 Å². The number of benzene rings is 2. The van der Waals surface area contributed by atoms with E-state index in [9.17, 15) is 5.21 Å². The molecule has 0 radical (unpaired) electrons. The van der Waals surface area contributed by atoms with E-state index in [-0.39, 0.29) is 16.6 Å². The predicted octanol–water partition coefficient (Wildman–Crippen LogP) is 4.89. The molecule has 1 aliphatic rings. The summed E-state index contributed by atoms with van der Waals surface area (Å²) in [5.41, 5.74) is 4.30. The monoisotopic (exact) mass is 555 g/mol. The molecule has 4 aromatic heterocycles. The van der Waals surface area contributed by atoms with E-state index in [1.807, 2.05) is 42.5 Å². The van der Waals surface area contributed by atoms with Crippen molar-refractivity contribution in [3.8, 4) is 27.9 Å². The molecule has 0 saturated heterocycles. The van der Waals surface area contributed by atoms with Gasteiger partial charge in [0.2, 0.25) is 5.69 Å². The first-order valence-corrected chi connectivity index (χ1v) is 13.2. The first kappa shape index (κ1) is 24.4. The van der Waals surface area contributed by atoms with Gasteiger partial charge in [-0.05, 0) is 58.7 Å². The highest BCUT2D eigenvalue weighted by atomic mass is 35.5. The van der Waals surface area contributed by atoms with E-state index in [0.717, 1.165) is 46.0 Å². The molecule has 10 nitrogen and oxygen atoms in total. The van der Waals surface area contributed by atoms with Crippen LogP contribution in [0.5, 0.6) is 0 Å². The van der Waals surface area contributed by atoms with Gasteiger partial charge in [0.05, 0.1) is 33.6 Å². The van der Waals surface area contributed by atoms with Crippen molar-refractivity contribution in [1.29, 1.82) is 0 Å². The highest BCUT2D eigenvalue weighted by molar-refractivity contribution is 6.31. The maximum absolute atomic E-state index is 15.3. The third kappa shape index (κ3) is 4.37. The first-order valence-electron chi connectivity index (χ1n) is 12.9. The largest absolute Gasteiger partial charge is 0.618 e. The van der Waals surface area contributed by atoms with Crippen molar-refractivity contribution < 1.29 is 9.12 Å². The average Bonchev–Trinajstić information content (AvgIpc) is 3.32. The molecule has 4 heterocycles. The molecule has 0 amide bonds. The van der Waals surface area contributed by atoms with Crippen molar-refractivity contribution in [2.75, 3.05) is 0 Å². The third-order valence-electron chi connectivity index (χ3n) is 7.37. The summed E-state index contributed by atoms with van der Waals surface area (Å²) in [6.45, 7) is 0. The molecule has 200 valence electrons. The van der Waals surface area contributed by atoms with Gasteiger partial charge in [-0.1, -0.05) is 30.5 Å². The van der Waals surface area contributed by atoms with Crippen LogP contribution in [0.1, 0.15) is 31.0 Å². The fourth-order valence-corrected chi connectivity index (χ4v) is 5.35. The molecule has 1 saturated carbocycles. The van der Waals surface area contributed by atoms with Gasteiger partial charge in [-0.15, -0.1) is 5.10 Å². The van der Waals surface area contributed by atoms with Crippen molar-refractivity contribution in [2.24, 2.45) is 13.0 Å². The molecule has 1 atom stereocenters. The van der Waals surface area contributed by atoms with E-state index in [0.29, 0.717) is 22.9 Å². The molecule has 0 spiro atoms. The first-order chi connectivity index (χ1) is 19.4. The van der Waals surface area contributed by atoms with Gasteiger partial charge in [-0.25, -0.2) is 4.39 Å². The maximum Gasteiger partial charge on any atom is 0.217 e. The lowest BCUT2D eigenvalue weighted by Gasteiger charge is -2.18. The Hall–Kier alpha value is -4.64. The number of fused-ring (bicyclic) bond motifs is 1. The minimum absolute atomic E-state index is 0.0616. The van der Waals surface area contributed by atoms with Gasteiger partial charge in [0.15, 0.2) is 12.0 Å². The van der Waals surface area contributed by atoms with Crippen LogP contribution in [0.3, 0.4) is 0 Å². The Morgan fingerprint density at radius 1 is 1.10 bits per heavy atom. The molecule has 0 N–H and O–H groups in total. The lowest BCUT2D eigenvalue weighted by molar-refractivity contribution is -0.615. The fourth-order valence-electron chi connectivity index (χ4n) is 5.20.